The number of rotatable bonds is 6. The molecule has 0 aliphatic heterocycles. The molecule has 2 unspecified atom stereocenters. The van der Waals surface area contributed by atoms with Crippen LogP contribution in [0.4, 0.5) is 0 Å². The molecule has 0 radical (unpaired) electrons. The van der Waals surface area contributed by atoms with Crippen molar-refractivity contribution in [2.24, 2.45) is 5.92 Å². The molecule has 0 bridgehead atoms. The third-order valence-corrected chi connectivity index (χ3v) is 3.82. The van der Waals surface area contributed by atoms with Crippen molar-refractivity contribution in [3.63, 3.8) is 0 Å². The standard InChI is InChI=1S/C12H24O5S.CH4/c1-9(11(13)17-12(3,4)5)7-6-8-10(2)18(14,15)16;/h9-10H,6-8H2,1-5H3,(H,14,15,16);1H4. The molecule has 0 aromatic rings. The zero-order valence-electron chi connectivity index (χ0n) is 11.8. The van der Waals surface area contributed by atoms with Crippen LogP contribution in [0.1, 0.15) is 61.3 Å². The Kier molecular flexibility index (Phi) is 8.54. The van der Waals surface area contributed by atoms with Gasteiger partial charge in [0.15, 0.2) is 0 Å². The minimum Gasteiger partial charge on any atom is -0.460 e. The second kappa shape index (κ2) is 7.85. The molecule has 2 atom stereocenters. The summed E-state index contributed by atoms with van der Waals surface area (Å²) in [6.07, 6.45) is 1.45. The van der Waals surface area contributed by atoms with Crippen LogP contribution < -0.4 is 0 Å². The highest BCUT2D eigenvalue weighted by Gasteiger charge is 2.22. The van der Waals surface area contributed by atoms with Crippen molar-refractivity contribution in [3.8, 4) is 0 Å². The molecule has 0 heterocycles. The molecule has 5 nitrogen and oxygen atoms in total. The molecule has 0 aliphatic carbocycles. The number of hydrogen-bond donors (Lipinski definition) is 1. The monoisotopic (exact) mass is 296 g/mol. The van der Waals surface area contributed by atoms with Gasteiger partial charge in [0, 0.05) is 0 Å². The Morgan fingerprint density at radius 3 is 2.05 bits per heavy atom. The molecule has 1 N–H and O–H groups in total. The SMILES string of the molecule is C.CC(CCCC(C)S(=O)(=O)O)C(=O)OC(C)(C)C. The van der Waals surface area contributed by atoms with Crippen LogP contribution in [0.15, 0.2) is 0 Å². The van der Waals surface area contributed by atoms with Crippen LogP contribution in [0.5, 0.6) is 0 Å². The van der Waals surface area contributed by atoms with Crippen LogP contribution in [0.25, 0.3) is 0 Å². The Labute approximate surface area is 117 Å². The van der Waals surface area contributed by atoms with Crippen molar-refractivity contribution in [2.75, 3.05) is 0 Å². The van der Waals surface area contributed by atoms with Gasteiger partial charge in [-0.25, -0.2) is 0 Å². The third-order valence-electron chi connectivity index (χ3n) is 2.57. The molecule has 6 heteroatoms. The maximum absolute atomic E-state index is 11.6. The van der Waals surface area contributed by atoms with Gasteiger partial charge in [0.1, 0.15) is 5.60 Å². The van der Waals surface area contributed by atoms with Crippen LogP contribution in [0.2, 0.25) is 0 Å². The average molecular weight is 296 g/mol. The van der Waals surface area contributed by atoms with Gasteiger partial charge in [0.2, 0.25) is 0 Å². The lowest BCUT2D eigenvalue weighted by Gasteiger charge is -2.22. The first-order valence-corrected chi connectivity index (χ1v) is 7.63. The van der Waals surface area contributed by atoms with E-state index < -0.39 is 21.0 Å². The summed E-state index contributed by atoms with van der Waals surface area (Å²) in [4.78, 5) is 11.6. The fourth-order valence-corrected chi connectivity index (χ4v) is 1.85. The summed E-state index contributed by atoms with van der Waals surface area (Å²) in [5.41, 5.74) is -0.507. The van der Waals surface area contributed by atoms with Crippen molar-refractivity contribution < 1.29 is 22.5 Å². The van der Waals surface area contributed by atoms with E-state index in [1.54, 1.807) is 27.7 Å². The van der Waals surface area contributed by atoms with E-state index in [0.717, 1.165) is 0 Å². The second-order valence-electron chi connectivity index (χ2n) is 5.69. The van der Waals surface area contributed by atoms with Crippen molar-refractivity contribution in [1.82, 2.24) is 0 Å². The quantitative estimate of drug-likeness (QED) is 0.602. The lowest BCUT2D eigenvalue weighted by Crippen LogP contribution is -2.27. The maximum atomic E-state index is 11.6. The van der Waals surface area contributed by atoms with Gasteiger partial charge in [-0.3, -0.25) is 9.35 Å². The molecule has 0 rings (SSSR count). The Morgan fingerprint density at radius 1 is 1.21 bits per heavy atom. The van der Waals surface area contributed by atoms with E-state index in [1.807, 2.05) is 0 Å². The Bertz CT molecular complexity index is 367. The van der Waals surface area contributed by atoms with E-state index in [1.165, 1.54) is 6.92 Å². The first-order chi connectivity index (χ1) is 7.93. The molecule has 0 spiro atoms. The highest BCUT2D eigenvalue weighted by molar-refractivity contribution is 7.86. The number of carbonyl (C=O) groups excluding carboxylic acids is 1. The Morgan fingerprint density at radius 2 is 1.68 bits per heavy atom. The van der Waals surface area contributed by atoms with Gasteiger partial charge in [-0.15, -0.1) is 0 Å². The molecule has 19 heavy (non-hydrogen) atoms. The van der Waals surface area contributed by atoms with Gasteiger partial charge in [-0.1, -0.05) is 20.8 Å². The zero-order valence-corrected chi connectivity index (χ0v) is 12.6. The second-order valence-corrected chi connectivity index (χ2v) is 7.53. The van der Waals surface area contributed by atoms with Gasteiger partial charge < -0.3 is 4.74 Å². The van der Waals surface area contributed by atoms with Crippen molar-refractivity contribution in [2.45, 2.75) is 72.2 Å². The maximum Gasteiger partial charge on any atom is 0.309 e. The van der Waals surface area contributed by atoms with Crippen molar-refractivity contribution >= 4 is 16.1 Å². The van der Waals surface area contributed by atoms with Crippen molar-refractivity contribution in [3.05, 3.63) is 0 Å². The number of ether oxygens (including phenoxy) is 1. The van der Waals surface area contributed by atoms with Gasteiger partial charge in [-0.05, 0) is 40.5 Å². The topological polar surface area (TPSA) is 80.7 Å². The molecule has 0 saturated heterocycles. The van der Waals surface area contributed by atoms with Crippen LogP contribution in [-0.4, -0.2) is 29.8 Å². The number of carbonyl (C=O) groups is 1. The lowest BCUT2D eigenvalue weighted by molar-refractivity contribution is -0.159. The number of hydrogen-bond acceptors (Lipinski definition) is 4. The van der Waals surface area contributed by atoms with Crippen LogP contribution in [0.3, 0.4) is 0 Å². The largest absolute Gasteiger partial charge is 0.460 e. The highest BCUT2D eigenvalue weighted by Crippen LogP contribution is 2.17. The molecular formula is C13H28O5S. The van der Waals surface area contributed by atoms with E-state index in [2.05, 4.69) is 0 Å². The highest BCUT2D eigenvalue weighted by atomic mass is 32.2. The normalized spacial score (nSPS) is 15.3. The minimum atomic E-state index is -3.97. The Balaban J connectivity index is 0. The Hall–Kier alpha value is -0.620. The summed E-state index contributed by atoms with van der Waals surface area (Å²) in [6, 6.07) is 0. The number of esters is 1. The van der Waals surface area contributed by atoms with Gasteiger partial charge in [-0.2, -0.15) is 8.42 Å². The smallest absolute Gasteiger partial charge is 0.309 e. The van der Waals surface area contributed by atoms with Crippen LogP contribution in [-0.2, 0) is 19.6 Å². The predicted molar refractivity (Wildman–Crippen MR) is 76.6 cm³/mol. The van der Waals surface area contributed by atoms with E-state index in [4.69, 9.17) is 9.29 Å². The molecule has 116 valence electrons. The van der Waals surface area contributed by atoms with Gasteiger partial charge in [0.25, 0.3) is 10.1 Å². The van der Waals surface area contributed by atoms with Gasteiger partial charge in [0.05, 0.1) is 11.2 Å². The molecule has 0 saturated carbocycles. The van der Waals surface area contributed by atoms with Crippen molar-refractivity contribution in [1.29, 1.82) is 0 Å². The summed E-state index contributed by atoms with van der Waals surface area (Å²) >= 11 is 0. The first kappa shape index (κ1) is 20.7. The fourth-order valence-electron chi connectivity index (χ4n) is 1.38. The molecule has 0 aliphatic rings. The minimum absolute atomic E-state index is 0. The predicted octanol–water partition coefficient (Wildman–Crippen LogP) is 3.05. The summed E-state index contributed by atoms with van der Waals surface area (Å²) in [6.45, 7) is 8.62. The summed E-state index contributed by atoms with van der Waals surface area (Å²) in [5.74, 6) is -0.542. The summed E-state index contributed by atoms with van der Waals surface area (Å²) < 4.78 is 35.6. The molecular weight excluding hydrogens is 268 g/mol. The zero-order chi connectivity index (χ0) is 14.6. The third kappa shape index (κ3) is 9.90. The van der Waals surface area contributed by atoms with E-state index in [9.17, 15) is 13.2 Å². The molecule has 0 amide bonds. The van der Waals surface area contributed by atoms with Crippen LogP contribution >= 0.6 is 0 Å². The molecule has 0 aromatic carbocycles. The lowest BCUT2D eigenvalue weighted by atomic mass is 10.0. The van der Waals surface area contributed by atoms with E-state index in [-0.39, 0.29) is 19.3 Å². The first-order valence-electron chi connectivity index (χ1n) is 6.12. The summed E-state index contributed by atoms with van der Waals surface area (Å²) in [7, 11) is -3.97. The molecule has 0 fully saturated rings. The van der Waals surface area contributed by atoms with Crippen LogP contribution in [0, 0.1) is 5.92 Å². The van der Waals surface area contributed by atoms with Gasteiger partial charge >= 0.3 is 5.97 Å². The average Bonchev–Trinajstić information content (AvgIpc) is 2.12. The summed E-state index contributed by atoms with van der Waals surface area (Å²) in [5, 5.41) is -0.789. The van der Waals surface area contributed by atoms with E-state index in [0.29, 0.717) is 19.3 Å². The van der Waals surface area contributed by atoms with E-state index >= 15 is 0 Å². The fraction of sp³-hybridized carbons (Fsp3) is 0.923. The molecule has 0 aromatic heterocycles.